The molecule has 28 heavy (non-hydrogen) atoms. The summed E-state index contributed by atoms with van der Waals surface area (Å²) in [7, 11) is 1.63. The van der Waals surface area contributed by atoms with E-state index in [1.807, 2.05) is 32.0 Å². The molecule has 2 aromatic carbocycles. The molecule has 0 saturated heterocycles. The average Bonchev–Trinajstić information content (AvgIpc) is 3.05. The Morgan fingerprint density at radius 3 is 2.75 bits per heavy atom. The lowest BCUT2D eigenvalue weighted by atomic mass is 10.0. The fraction of sp³-hybridized carbons (Fsp3) is 0.150. The first-order chi connectivity index (χ1) is 13.4. The normalized spacial score (nSPS) is 11.0. The fourth-order valence-electron chi connectivity index (χ4n) is 2.77. The lowest BCUT2D eigenvalue weighted by Gasteiger charge is -2.09. The SMILES string of the molecule is COc1ccc(C=Nc2n[nH]c(Nc3cccc(Cl)c3)c2C(N)=O)c(C)c1C. The van der Waals surface area contributed by atoms with Crippen molar-refractivity contribution in [2.75, 3.05) is 12.4 Å². The number of aromatic nitrogens is 2. The molecule has 8 heteroatoms. The highest BCUT2D eigenvalue weighted by molar-refractivity contribution is 6.30. The van der Waals surface area contributed by atoms with Crippen LogP contribution < -0.4 is 15.8 Å². The summed E-state index contributed by atoms with van der Waals surface area (Å²) in [6.07, 6.45) is 1.65. The number of halogens is 1. The van der Waals surface area contributed by atoms with Crippen molar-refractivity contribution in [3.8, 4) is 5.75 Å². The maximum atomic E-state index is 12.0. The molecule has 7 nitrogen and oxygen atoms in total. The van der Waals surface area contributed by atoms with Gasteiger partial charge in [0.15, 0.2) is 5.82 Å². The van der Waals surface area contributed by atoms with E-state index in [4.69, 9.17) is 22.1 Å². The summed E-state index contributed by atoms with van der Waals surface area (Å²) in [5, 5.41) is 10.5. The summed E-state index contributed by atoms with van der Waals surface area (Å²) in [5.74, 6) is 0.711. The number of primary amides is 1. The average molecular weight is 398 g/mol. The summed E-state index contributed by atoms with van der Waals surface area (Å²) >= 11 is 6.00. The van der Waals surface area contributed by atoms with Crippen LogP contribution in [0, 0.1) is 13.8 Å². The molecule has 3 rings (SSSR count). The number of rotatable bonds is 6. The van der Waals surface area contributed by atoms with E-state index in [-0.39, 0.29) is 11.4 Å². The smallest absolute Gasteiger partial charge is 0.256 e. The number of nitrogens with one attached hydrogen (secondary N) is 2. The number of benzene rings is 2. The Morgan fingerprint density at radius 2 is 2.07 bits per heavy atom. The Kier molecular flexibility index (Phi) is 5.65. The number of H-pyrrole nitrogens is 1. The summed E-state index contributed by atoms with van der Waals surface area (Å²) < 4.78 is 5.32. The maximum Gasteiger partial charge on any atom is 0.256 e. The zero-order valence-corrected chi connectivity index (χ0v) is 16.5. The number of hydrogen-bond donors (Lipinski definition) is 3. The number of aliphatic imine (C=N–C) groups is 1. The number of hydrogen-bond acceptors (Lipinski definition) is 5. The number of carbonyl (C=O) groups is 1. The van der Waals surface area contributed by atoms with E-state index < -0.39 is 5.91 Å². The van der Waals surface area contributed by atoms with E-state index in [1.54, 1.807) is 31.5 Å². The van der Waals surface area contributed by atoms with Gasteiger partial charge in [0, 0.05) is 16.9 Å². The highest BCUT2D eigenvalue weighted by Crippen LogP contribution is 2.28. The van der Waals surface area contributed by atoms with Crippen LogP contribution in [-0.4, -0.2) is 29.4 Å². The van der Waals surface area contributed by atoms with Gasteiger partial charge in [0.2, 0.25) is 0 Å². The Labute approximate surface area is 167 Å². The number of aromatic amines is 1. The molecule has 0 fully saturated rings. The van der Waals surface area contributed by atoms with Gasteiger partial charge in [-0.2, -0.15) is 5.10 Å². The van der Waals surface area contributed by atoms with Crippen molar-refractivity contribution in [2.24, 2.45) is 10.7 Å². The second-order valence-corrected chi connectivity index (χ2v) is 6.60. The van der Waals surface area contributed by atoms with Crippen LogP contribution in [0.15, 0.2) is 41.4 Å². The minimum Gasteiger partial charge on any atom is -0.496 e. The molecular weight excluding hydrogens is 378 g/mol. The number of methoxy groups -OCH3 is 1. The van der Waals surface area contributed by atoms with E-state index in [0.29, 0.717) is 16.5 Å². The molecule has 0 bridgehead atoms. The minimum atomic E-state index is -0.645. The number of ether oxygens (including phenoxy) is 1. The van der Waals surface area contributed by atoms with Crippen molar-refractivity contribution in [3.05, 3.63) is 63.7 Å². The predicted octanol–water partition coefficient (Wildman–Crippen LogP) is 4.28. The highest BCUT2D eigenvalue weighted by atomic mass is 35.5. The van der Waals surface area contributed by atoms with Crippen LogP contribution >= 0.6 is 11.6 Å². The Balaban J connectivity index is 1.93. The zero-order valence-electron chi connectivity index (χ0n) is 15.7. The van der Waals surface area contributed by atoms with Crippen molar-refractivity contribution in [2.45, 2.75) is 13.8 Å². The van der Waals surface area contributed by atoms with E-state index >= 15 is 0 Å². The maximum absolute atomic E-state index is 12.0. The van der Waals surface area contributed by atoms with Crippen LogP contribution in [0.25, 0.3) is 0 Å². The standard InChI is InChI=1S/C20H20ClN5O2/c1-11-12(2)16(28-3)8-7-13(11)10-23-19-17(18(22)27)20(26-25-19)24-15-6-4-5-14(21)9-15/h4-10H,1-3H3,(H2,22,27)(H2,24,25,26). The quantitative estimate of drug-likeness (QED) is 0.539. The molecule has 3 aromatic rings. The van der Waals surface area contributed by atoms with E-state index in [1.165, 1.54) is 0 Å². The largest absolute Gasteiger partial charge is 0.496 e. The molecule has 0 aliphatic carbocycles. The lowest BCUT2D eigenvalue weighted by molar-refractivity contribution is 0.100. The molecule has 1 amide bonds. The van der Waals surface area contributed by atoms with Crippen molar-refractivity contribution < 1.29 is 9.53 Å². The van der Waals surface area contributed by atoms with Crippen molar-refractivity contribution >= 4 is 41.0 Å². The van der Waals surface area contributed by atoms with Gasteiger partial charge in [-0.3, -0.25) is 9.89 Å². The first kappa shape index (κ1) is 19.4. The molecule has 0 aliphatic heterocycles. The predicted molar refractivity (Wildman–Crippen MR) is 112 cm³/mol. The third-order valence-corrected chi connectivity index (χ3v) is 4.65. The van der Waals surface area contributed by atoms with Crippen LogP contribution in [0.1, 0.15) is 27.0 Å². The number of nitrogens with zero attached hydrogens (tertiary/aromatic N) is 2. The van der Waals surface area contributed by atoms with Crippen LogP contribution in [0.5, 0.6) is 5.75 Å². The Hall–Kier alpha value is -3.32. The summed E-state index contributed by atoms with van der Waals surface area (Å²) in [4.78, 5) is 16.3. The summed E-state index contributed by atoms with van der Waals surface area (Å²) in [5.41, 5.74) is 9.34. The summed E-state index contributed by atoms with van der Waals surface area (Å²) in [6, 6.07) is 10.8. The second kappa shape index (κ2) is 8.14. The molecule has 0 aliphatic rings. The number of anilines is 2. The van der Waals surface area contributed by atoms with Gasteiger partial charge in [-0.25, -0.2) is 4.99 Å². The molecule has 0 unspecified atom stereocenters. The highest BCUT2D eigenvalue weighted by Gasteiger charge is 2.18. The number of nitrogens with two attached hydrogens (primary N) is 1. The lowest BCUT2D eigenvalue weighted by Crippen LogP contribution is -2.12. The Bertz CT molecular complexity index is 1060. The first-order valence-electron chi connectivity index (χ1n) is 8.49. The fourth-order valence-corrected chi connectivity index (χ4v) is 2.96. The van der Waals surface area contributed by atoms with Gasteiger partial charge < -0.3 is 15.8 Å². The van der Waals surface area contributed by atoms with Gasteiger partial charge in [-0.1, -0.05) is 17.7 Å². The number of amides is 1. The monoisotopic (exact) mass is 397 g/mol. The first-order valence-corrected chi connectivity index (χ1v) is 8.87. The third-order valence-electron chi connectivity index (χ3n) is 4.41. The van der Waals surface area contributed by atoms with E-state index in [0.717, 1.165) is 22.4 Å². The molecule has 0 spiro atoms. The van der Waals surface area contributed by atoms with Gasteiger partial charge in [0.05, 0.1) is 7.11 Å². The van der Waals surface area contributed by atoms with Gasteiger partial charge in [-0.15, -0.1) is 0 Å². The molecule has 1 aromatic heterocycles. The molecular formula is C20H20ClN5O2. The molecule has 1 heterocycles. The van der Waals surface area contributed by atoms with E-state index in [2.05, 4.69) is 20.5 Å². The van der Waals surface area contributed by atoms with Crippen LogP contribution in [0.3, 0.4) is 0 Å². The minimum absolute atomic E-state index is 0.166. The van der Waals surface area contributed by atoms with Crippen LogP contribution in [0.4, 0.5) is 17.3 Å². The third kappa shape index (κ3) is 3.99. The van der Waals surface area contributed by atoms with Gasteiger partial charge >= 0.3 is 0 Å². The van der Waals surface area contributed by atoms with E-state index in [9.17, 15) is 4.79 Å². The molecule has 0 atom stereocenters. The zero-order chi connectivity index (χ0) is 20.3. The molecule has 0 radical (unpaired) electrons. The molecule has 0 saturated carbocycles. The van der Waals surface area contributed by atoms with Gasteiger partial charge in [0.25, 0.3) is 5.91 Å². The van der Waals surface area contributed by atoms with Gasteiger partial charge in [-0.05, 0) is 60.9 Å². The summed E-state index contributed by atoms with van der Waals surface area (Å²) in [6.45, 7) is 3.95. The Morgan fingerprint density at radius 1 is 1.29 bits per heavy atom. The van der Waals surface area contributed by atoms with Crippen molar-refractivity contribution in [3.63, 3.8) is 0 Å². The second-order valence-electron chi connectivity index (χ2n) is 6.16. The van der Waals surface area contributed by atoms with Gasteiger partial charge in [0.1, 0.15) is 17.1 Å². The number of carbonyl (C=O) groups excluding carboxylic acids is 1. The molecule has 4 N–H and O–H groups in total. The molecule has 144 valence electrons. The van der Waals surface area contributed by atoms with Crippen LogP contribution in [-0.2, 0) is 0 Å². The topological polar surface area (TPSA) is 105 Å². The van der Waals surface area contributed by atoms with Crippen molar-refractivity contribution in [1.82, 2.24) is 10.2 Å². The van der Waals surface area contributed by atoms with Crippen molar-refractivity contribution in [1.29, 1.82) is 0 Å². The van der Waals surface area contributed by atoms with Crippen LogP contribution in [0.2, 0.25) is 5.02 Å².